The molecule has 0 saturated carbocycles. The average molecular weight is 425 g/mol. The van der Waals surface area contributed by atoms with E-state index in [0.717, 1.165) is 22.3 Å². The minimum atomic E-state index is -1.17. The molecule has 1 aliphatic carbocycles. The van der Waals surface area contributed by atoms with Crippen LogP contribution in [0.5, 0.6) is 0 Å². The molecule has 1 heterocycles. The number of amides is 1. The summed E-state index contributed by atoms with van der Waals surface area (Å²) < 4.78 is 5.55. The van der Waals surface area contributed by atoms with Gasteiger partial charge in [-0.25, -0.2) is 9.59 Å². The Morgan fingerprint density at radius 3 is 2.12 bits per heavy atom. The number of hydrogen-bond donors (Lipinski definition) is 3. The molecule has 32 heavy (non-hydrogen) atoms. The molecule has 0 unspecified atom stereocenters. The van der Waals surface area contributed by atoms with Crippen molar-refractivity contribution in [2.75, 3.05) is 11.9 Å². The lowest BCUT2D eigenvalue weighted by atomic mass is 9.98. The van der Waals surface area contributed by atoms with Crippen LogP contribution in [0.2, 0.25) is 0 Å². The summed E-state index contributed by atoms with van der Waals surface area (Å²) in [5, 5.41) is 18.6. The van der Waals surface area contributed by atoms with E-state index in [4.69, 9.17) is 4.74 Å². The summed E-state index contributed by atoms with van der Waals surface area (Å²) in [5.41, 5.74) is 5.31. The molecule has 7 heteroatoms. The first kappa shape index (κ1) is 19.6. The number of rotatable bonds is 5. The van der Waals surface area contributed by atoms with Gasteiger partial charge in [-0.1, -0.05) is 78.9 Å². The highest BCUT2D eigenvalue weighted by atomic mass is 16.5. The zero-order valence-electron chi connectivity index (χ0n) is 16.9. The first-order valence-electron chi connectivity index (χ1n) is 10.1. The number of ether oxygens (including phenoxy) is 1. The van der Waals surface area contributed by atoms with Crippen molar-refractivity contribution >= 4 is 17.9 Å². The number of benzene rings is 3. The number of fused-ring (bicyclic) bond motifs is 3. The van der Waals surface area contributed by atoms with Crippen molar-refractivity contribution in [2.45, 2.75) is 5.92 Å². The van der Waals surface area contributed by atoms with Crippen molar-refractivity contribution < 1.29 is 19.4 Å². The molecule has 158 valence electrons. The SMILES string of the molecule is O=C(Nc1n[nH]c(C(=O)O)c1-c1ccccc1)OCC1c2ccccc2-c2ccccc21. The fraction of sp³-hybridized carbons (Fsp3) is 0.0800. The van der Waals surface area contributed by atoms with E-state index in [-0.39, 0.29) is 24.0 Å². The van der Waals surface area contributed by atoms with Gasteiger partial charge >= 0.3 is 12.1 Å². The Hall–Kier alpha value is -4.39. The van der Waals surface area contributed by atoms with E-state index in [1.807, 2.05) is 42.5 Å². The van der Waals surface area contributed by atoms with Crippen molar-refractivity contribution in [3.05, 3.63) is 95.7 Å². The smallest absolute Gasteiger partial charge is 0.412 e. The van der Waals surface area contributed by atoms with Crippen molar-refractivity contribution in [3.63, 3.8) is 0 Å². The first-order chi connectivity index (χ1) is 15.6. The molecule has 1 aromatic heterocycles. The number of nitrogens with one attached hydrogen (secondary N) is 2. The Labute approximate surface area is 183 Å². The fourth-order valence-corrected chi connectivity index (χ4v) is 4.20. The number of aromatic carboxylic acids is 1. The molecule has 1 amide bonds. The summed E-state index contributed by atoms with van der Waals surface area (Å²) in [4.78, 5) is 24.2. The maximum Gasteiger partial charge on any atom is 0.412 e. The summed E-state index contributed by atoms with van der Waals surface area (Å²) in [6.07, 6.45) is -0.701. The minimum absolute atomic E-state index is 0.0736. The van der Waals surface area contributed by atoms with Gasteiger partial charge in [0.15, 0.2) is 11.5 Å². The van der Waals surface area contributed by atoms with Crippen molar-refractivity contribution in [1.82, 2.24) is 10.2 Å². The molecule has 5 rings (SSSR count). The Morgan fingerprint density at radius 1 is 0.906 bits per heavy atom. The third-order valence-corrected chi connectivity index (χ3v) is 5.61. The summed E-state index contributed by atoms with van der Waals surface area (Å²) >= 11 is 0. The van der Waals surface area contributed by atoms with Gasteiger partial charge in [0.25, 0.3) is 0 Å². The van der Waals surface area contributed by atoms with Crippen LogP contribution in [0.1, 0.15) is 27.5 Å². The van der Waals surface area contributed by atoms with E-state index in [1.165, 1.54) is 0 Å². The van der Waals surface area contributed by atoms with Gasteiger partial charge in [0, 0.05) is 5.92 Å². The minimum Gasteiger partial charge on any atom is -0.477 e. The zero-order valence-corrected chi connectivity index (χ0v) is 16.9. The van der Waals surface area contributed by atoms with Gasteiger partial charge in [-0.2, -0.15) is 5.10 Å². The second kappa shape index (κ2) is 8.03. The number of carbonyl (C=O) groups excluding carboxylic acids is 1. The van der Waals surface area contributed by atoms with Crippen molar-refractivity contribution in [1.29, 1.82) is 0 Å². The molecule has 3 N–H and O–H groups in total. The van der Waals surface area contributed by atoms with E-state index >= 15 is 0 Å². The number of nitrogens with zero attached hydrogens (tertiary/aromatic N) is 1. The molecule has 0 bridgehead atoms. The van der Waals surface area contributed by atoms with E-state index < -0.39 is 12.1 Å². The quantitative estimate of drug-likeness (QED) is 0.411. The fourth-order valence-electron chi connectivity index (χ4n) is 4.20. The zero-order chi connectivity index (χ0) is 22.1. The van der Waals surface area contributed by atoms with Crippen LogP contribution in [0.15, 0.2) is 78.9 Å². The standard InChI is InChI=1S/C25H19N3O4/c29-24(30)22-21(15-8-2-1-3-9-15)23(28-27-22)26-25(31)32-14-20-18-12-6-4-10-16(18)17-11-5-7-13-19(17)20/h1-13,20H,14H2,(H,29,30)(H2,26,27,28,31). The second-order valence-electron chi connectivity index (χ2n) is 7.44. The lowest BCUT2D eigenvalue weighted by molar-refractivity contribution is 0.0691. The van der Waals surface area contributed by atoms with Gasteiger partial charge in [0.1, 0.15) is 6.61 Å². The van der Waals surface area contributed by atoms with Gasteiger partial charge in [-0.15, -0.1) is 0 Å². The predicted octanol–water partition coefficient (Wildman–Crippen LogP) is 5.14. The van der Waals surface area contributed by atoms with Crippen LogP contribution in [0.25, 0.3) is 22.3 Å². The number of anilines is 1. The molecule has 0 saturated heterocycles. The molecule has 3 aromatic carbocycles. The summed E-state index contributed by atoms with van der Waals surface area (Å²) in [7, 11) is 0. The summed E-state index contributed by atoms with van der Waals surface area (Å²) in [5.74, 6) is -1.14. The molecule has 1 aliphatic rings. The van der Waals surface area contributed by atoms with Crippen molar-refractivity contribution in [2.24, 2.45) is 0 Å². The number of carboxylic acids is 1. The molecule has 7 nitrogen and oxygen atoms in total. The topological polar surface area (TPSA) is 104 Å². The van der Waals surface area contributed by atoms with Gasteiger partial charge in [0.2, 0.25) is 0 Å². The monoisotopic (exact) mass is 425 g/mol. The molecular weight excluding hydrogens is 406 g/mol. The highest BCUT2D eigenvalue weighted by Crippen LogP contribution is 2.44. The van der Waals surface area contributed by atoms with Gasteiger partial charge in [-0.3, -0.25) is 10.4 Å². The van der Waals surface area contributed by atoms with Crippen LogP contribution in [-0.4, -0.2) is 34.0 Å². The number of aromatic nitrogens is 2. The largest absolute Gasteiger partial charge is 0.477 e. The van der Waals surface area contributed by atoms with Crippen molar-refractivity contribution in [3.8, 4) is 22.3 Å². The van der Waals surface area contributed by atoms with Crippen LogP contribution in [-0.2, 0) is 4.74 Å². The first-order valence-corrected chi connectivity index (χ1v) is 10.1. The highest BCUT2D eigenvalue weighted by molar-refractivity contribution is 6.00. The molecule has 4 aromatic rings. The molecule has 0 spiro atoms. The lowest BCUT2D eigenvalue weighted by Gasteiger charge is -2.14. The Morgan fingerprint density at radius 2 is 1.50 bits per heavy atom. The predicted molar refractivity (Wildman–Crippen MR) is 120 cm³/mol. The molecule has 0 fully saturated rings. The number of H-pyrrole nitrogens is 1. The Bertz CT molecular complexity index is 1270. The van der Waals surface area contributed by atoms with E-state index in [1.54, 1.807) is 24.3 Å². The van der Waals surface area contributed by atoms with Crippen LogP contribution < -0.4 is 5.32 Å². The lowest BCUT2D eigenvalue weighted by Crippen LogP contribution is -2.18. The van der Waals surface area contributed by atoms with Crippen LogP contribution in [0, 0.1) is 0 Å². The summed E-state index contributed by atoms with van der Waals surface area (Å²) in [6, 6.07) is 25.0. The number of aromatic amines is 1. The molecule has 0 radical (unpaired) electrons. The van der Waals surface area contributed by atoms with Gasteiger partial charge < -0.3 is 9.84 Å². The van der Waals surface area contributed by atoms with Crippen LogP contribution in [0.3, 0.4) is 0 Å². The highest BCUT2D eigenvalue weighted by Gasteiger charge is 2.29. The van der Waals surface area contributed by atoms with E-state index in [9.17, 15) is 14.7 Å². The third kappa shape index (κ3) is 3.39. The molecule has 0 aliphatic heterocycles. The third-order valence-electron chi connectivity index (χ3n) is 5.61. The second-order valence-corrected chi connectivity index (χ2v) is 7.44. The normalized spacial score (nSPS) is 12.1. The van der Waals surface area contributed by atoms with Crippen LogP contribution in [0.4, 0.5) is 10.6 Å². The molecule has 0 atom stereocenters. The molecular formula is C25H19N3O4. The van der Waals surface area contributed by atoms with E-state index in [0.29, 0.717) is 11.1 Å². The Kier molecular flexibility index (Phi) is 4.91. The number of carbonyl (C=O) groups is 2. The maximum absolute atomic E-state index is 12.6. The van der Waals surface area contributed by atoms with Gasteiger partial charge in [0.05, 0.1) is 5.56 Å². The van der Waals surface area contributed by atoms with Gasteiger partial charge in [-0.05, 0) is 27.8 Å². The maximum atomic E-state index is 12.6. The number of carboxylic acid groups (broad SMARTS) is 1. The van der Waals surface area contributed by atoms with Crippen LogP contribution >= 0.6 is 0 Å². The van der Waals surface area contributed by atoms with E-state index in [2.05, 4.69) is 27.6 Å². The summed E-state index contributed by atoms with van der Waals surface area (Å²) in [6.45, 7) is 0.150. The average Bonchev–Trinajstić information content (AvgIpc) is 3.38. The Balaban J connectivity index is 1.36. The number of hydrogen-bond acceptors (Lipinski definition) is 4.